The Kier molecular flexibility index (Phi) is 7.85. The summed E-state index contributed by atoms with van der Waals surface area (Å²) in [6, 6.07) is 17.5. The van der Waals surface area contributed by atoms with E-state index in [4.69, 9.17) is 43.6 Å². The molecule has 1 aliphatic rings. The van der Waals surface area contributed by atoms with Crippen molar-refractivity contribution in [2.45, 2.75) is 13.0 Å². The molecular formula is C31H28Cl2N8O3. The monoisotopic (exact) mass is 630 g/mol. The Hall–Kier alpha value is -4.71. The normalized spacial score (nSPS) is 13.2. The summed E-state index contributed by atoms with van der Waals surface area (Å²) in [6.45, 7) is 3.25. The second-order valence-electron chi connectivity index (χ2n) is 10.4. The molecule has 0 spiro atoms. The number of carbonyl (C=O) groups is 1. The number of nitrogens with zero attached hydrogens (tertiary/aromatic N) is 6. The van der Waals surface area contributed by atoms with Crippen molar-refractivity contribution >= 4 is 46.4 Å². The fourth-order valence-electron chi connectivity index (χ4n) is 5.04. The van der Waals surface area contributed by atoms with E-state index in [0.29, 0.717) is 49.8 Å². The largest absolute Gasteiger partial charge is 0.382 e. The molecule has 0 atom stereocenters. The third-order valence-electron chi connectivity index (χ3n) is 7.64. The number of aromatic nitrogens is 5. The first-order chi connectivity index (χ1) is 21.1. The molecule has 224 valence electrons. The molecule has 0 aliphatic carbocycles. The Labute approximate surface area is 262 Å². The Morgan fingerprint density at radius 3 is 2.52 bits per heavy atom. The van der Waals surface area contributed by atoms with E-state index in [2.05, 4.69) is 15.2 Å². The van der Waals surface area contributed by atoms with Gasteiger partial charge < -0.3 is 20.7 Å². The minimum atomic E-state index is -0.556. The molecule has 6 rings (SSSR count). The number of nitrogens with two attached hydrogens (primary N) is 1. The highest BCUT2D eigenvalue weighted by Crippen LogP contribution is 2.29. The van der Waals surface area contributed by atoms with Crippen LogP contribution in [0.15, 0.2) is 71.7 Å². The van der Waals surface area contributed by atoms with E-state index in [1.807, 2.05) is 18.2 Å². The average Bonchev–Trinajstić information content (AvgIpc) is 3.21. The Morgan fingerprint density at radius 1 is 1.05 bits per heavy atom. The number of carbonyl (C=O) groups excluding carboxylic acids is 1. The molecular weight excluding hydrogens is 603 g/mol. The van der Waals surface area contributed by atoms with Crippen molar-refractivity contribution in [1.82, 2.24) is 24.3 Å². The summed E-state index contributed by atoms with van der Waals surface area (Å²) in [5, 5.41) is 3.54. The van der Waals surface area contributed by atoms with E-state index in [0.717, 1.165) is 18.9 Å². The molecule has 1 amide bonds. The Bertz CT molecular complexity index is 1950. The van der Waals surface area contributed by atoms with Crippen LogP contribution in [0.4, 0.5) is 17.3 Å². The van der Waals surface area contributed by atoms with Gasteiger partial charge in [0.2, 0.25) is 0 Å². The molecule has 1 fully saturated rings. The number of rotatable bonds is 7. The summed E-state index contributed by atoms with van der Waals surface area (Å²) >= 11 is 12.5. The molecule has 0 bridgehead atoms. The van der Waals surface area contributed by atoms with Gasteiger partial charge in [-0.25, -0.2) is 19.6 Å². The smallest absolute Gasteiger partial charge is 0.284 e. The number of nitrogen functional groups attached to an aromatic ring is 1. The summed E-state index contributed by atoms with van der Waals surface area (Å²) in [5.74, 6) is 0.540. The Morgan fingerprint density at radius 2 is 1.80 bits per heavy atom. The lowest BCUT2D eigenvalue weighted by atomic mass is 10.1. The molecule has 0 saturated carbocycles. The van der Waals surface area contributed by atoms with Gasteiger partial charge in [-0.05, 0) is 49.4 Å². The number of hydrogen-bond acceptors (Lipinski definition) is 8. The molecule has 1 saturated heterocycles. The minimum absolute atomic E-state index is 0.0128. The van der Waals surface area contributed by atoms with Gasteiger partial charge in [0.05, 0.1) is 34.4 Å². The van der Waals surface area contributed by atoms with Crippen molar-refractivity contribution in [3.05, 3.63) is 98.5 Å². The molecule has 44 heavy (non-hydrogen) atoms. The third-order valence-corrected chi connectivity index (χ3v) is 8.19. The zero-order chi connectivity index (χ0) is 31.1. The lowest BCUT2D eigenvalue weighted by Gasteiger charge is -2.39. The molecule has 3 aromatic heterocycles. The molecule has 0 radical (unpaired) electrons. The van der Waals surface area contributed by atoms with Gasteiger partial charge in [-0.2, -0.15) is 0 Å². The van der Waals surface area contributed by atoms with Gasteiger partial charge in [-0.1, -0.05) is 41.4 Å². The van der Waals surface area contributed by atoms with Gasteiger partial charge >= 0.3 is 0 Å². The predicted molar refractivity (Wildman–Crippen MR) is 172 cm³/mol. The van der Waals surface area contributed by atoms with E-state index < -0.39 is 11.5 Å². The van der Waals surface area contributed by atoms with Crippen LogP contribution in [-0.2, 0) is 11.8 Å². The lowest BCUT2D eigenvalue weighted by Crippen LogP contribution is -2.52. The summed E-state index contributed by atoms with van der Waals surface area (Å²) in [7, 11) is 3.38. The summed E-state index contributed by atoms with van der Waals surface area (Å²) in [4.78, 5) is 42.7. The van der Waals surface area contributed by atoms with Crippen LogP contribution in [0.2, 0.25) is 10.0 Å². The highest BCUT2D eigenvalue weighted by molar-refractivity contribution is 6.34. The van der Waals surface area contributed by atoms with E-state index >= 15 is 0 Å². The standard InChI is InChI=1S/C31H28Cl2N8O3/c1-17-27(31(43)41(39(17)2)25-13-19(32)9-12-22(25)33)30(42)36-20-10-7-18(8-11-20)28-29(34)35-14-24(38-28)23-5-4-6-26(37-23)40-15-21(16-40)44-3/h4-14,21H,15-16H2,1-3H3,(H2,34,35)(H,36,42). The molecule has 3 N–H and O–H groups in total. The average molecular weight is 632 g/mol. The van der Waals surface area contributed by atoms with Crippen LogP contribution < -0.4 is 21.5 Å². The van der Waals surface area contributed by atoms with Gasteiger partial charge in [0.1, 0.15) is 28.6 Å². The summed E-state index contributed by atoms with van der Waals surface area (Å²) in [6.07, 6.45) is 1.80. The van der Waals surface area contributed by atoms with Gasteiger partial charge in [-0.3, -0.25) is 14.3 Å². The second kappa shape index (κ2) is 11.8. The van der Waals surface area contributed by atoms with Crippen molar-refractivity contribution in [2.24, 2.45) is 7.05 Å². The van der Waals surface area contributed by atoms with Crippen LogP contribution in [0, 0.1) is 6.92 Å². The minimum Gasteiger partial charge on any atom is -0.382 e. The number of benzene rings is 2. The first-order valence-corrected chi connectivity index (χ1v) is 14.4. The van der Waals surface area contributed by atoms with Crippen LogP contribution in [0.1, 0.15) is 16.1 Å². The quantitative estimate of drug-likeness (QED) is 0.257. The lowest BCUT2D eigenvalue weighted by molar-refractivity contribution is 0.0783. The number of anilines is 3. The number of amides is 1. The first-order valence-electron chi connectivity index (χ1n) is 13.7. The van der Waals surface area contributed by atoms with Gasteiger partial charge in [0.15, 0.2) is 0 Å². The SMILES string of the molecule is COC1CN(c2cccc(-c3cnc(N)c(-c4ccc(NC(=O)c5c(C)n(C)n(-c6cc(Cl)ccc6Cl)c5=O)cc4)n3)n2)C1. The van der Waals surface area contributed by atoms with Crippen molar-refractivity contribution in [3.63, 3.8) is 0 Å². The summed E-state index contributed by atoms with van der Waals surface area (Å²) < 4.78 is 8.26. The number of pyridine rings is 1. The van der Waals surface area contributed by atoms with E-state index in [1.54, 1.807) is 74.4 Å². The fraction of sp³-hybridized carbons (Fsp3) is 0.194. The van der Waals surface area contributed by atoms with Crippen molar-refractivity contribution in [2.75, 3.05) is 36.1 Å². The number of methoxy groups -OCH3 is 1. The predicted octanol–water partition coefficient (Wildman–Crippen LogP) is 4.98. The van der Waals surface area contributed by atoms with Gasteiger partial charge in [0, 0.05) is 43.5 Å². The van der Waals surface area contributed by atoms with Crippen LogP contribution >= 0.6 is 23.2 Å². The third kappa shape index (κ3) is 5.41. The molecule has 5 aromatic rings. The fourth-order valence-corrected chi connectivity index (χ4v) is 5.41. The van der Waals surface area contributed by atoms with E-state index in [1.165, 1.54) is 4.68 Å². The molecule has 11 nitrogen and oxygen atoms in total. The van der Waals surface area contributed by atoms with Gasteiger partial charge in [-0.15, -0.1) is 0 Å². The zero-order valence-electron chi connectivity index (χ0n) is 24.1. The highest BCUT2D eigenvalue weighted by Gasteiger charge is 2.28. The van der Waals surface area contributed by atoms with Crippen LogP contribution in [-0.4, -0.2) is 56.5 Å². The molecule has 4 heterocycles. The van der Waals surface area contributed by atoms with Crippen LogP contribution in [0.25, 0.3) is 28.3 Å². The van der Waals surface area contributed by atoms with Crippen molar-refractivity contribution in [1.29, 1.82) is 0 Å². The second-order valence-corrected chi connectivity index (χ2v) is 11.2. The topological polar surface area (TPSA) is 133 Å². The molecule has 0 unspecified atom stereocenters. The van der Waals surface area contributed by atoms with Gasteiger partial charge in [0.25, 0.3) is 11.5 Å². The molecule has 2 aromatic carbocycles. The van der Waals surface area contributed by atoms with Crippen LogP contribution in [0.5, 0.6) is 0 Å². The highest BCUT2D eigenvalue weighted by atomic mass is 35.5. The number of nitrogens with one attached hydrogen (secondary N) is 1. The van der Waals surface area contributed by atoms with Crippen molar-refractivity contribution < 1.29 is 9.53 Å². The maximum Gasteiger partial charge on any atom is 0.284 e. The maximum absolute atomic E-state index is 13.4. The van der Waals surface area contributed by atoms with Crippen molar-refractivity contribution in [3.8, 4) is 28.3 Å². The Balaban J connectivity index is 1.23. The number of hydrogen-bond donors (Lipinski definition) is 2. The zero-order valence-corrected chi connectivity index (χ0v) is 25.6. The first kappa shape index (κ1) is 29.4. The summed E-state index contributed by atoms with van der Waals surface area (Å²) in [5.41, 5.74) is 9.43. The number of ether oxygens (including phenoxy) is 1. The molecule has 13 heteroatoms. The van der Waals surface area contributed by atoms with E-state index in [9.17, 15) is 9.59 Å². The number of halogens is 2. The molecule has 1 aliphatic heterocycles. The maximum atomic E-state index is 13.4. The van der Waals surface area contributed by atoms with E-state index in [-0.39, 0.29) is 17.5 Å². The van der Waals surface area contributed by atoms with Crippen LogP contribution in [0.3, 0.4) is 0 Å².